The van der Waals surface area contributed by atoms with Crippen LogP contribution in [0.1, 0.15) is 0 Å². The van der Waals surface area contributed by atoms with E-state index in [1.165, 1.54) is 0 Å². The zero-order valence-corrected chi connectivity index (χ0v) is 7.26. The van der Waals surface area contributed by atoms with Crippen molar-refractivity contribution in [2.75, 3.05) is 12.3 Å². The van der Waals surface area contributed by atoms with Crippen LogP contribution in [-0.2, 0) is 0 Å². The number of halogens is 4. The van der Waals surface area contributed by atoms with Gasteiger partial charge in [-0.25, -0.2) is 8.78 Å². The highest BCUT2D eigenvalue weighted by molar-refractivity contribution is 5.50. The molecule has 4 nitrogen and oxygen atoms in total. The predicted molar refractivity (Wildman–Crippen MR) is 38.9 cm³/mol. The summed E-state index contributed by atoms with van der Waals surface area (Å²) in [4.78, 5) is 0. The maximum Gasteiger partial charge on any atom is 0.206 e. The maximum atomic E-state index is 12.9. The van der Waals surface area contributed by atoms with Gasteiger partial charge in [0.1, 0.15) is 0 Å². The monoisotopic (exact) mass is 227 g/mol. The van der Waals surface area contributed by atoms with Gasteiger partial charge in [0.05, 0.1) is 7.11 Å². The van der Waals surface area contributed by atoms with E-state index in [1.807, 2.05) is 0 Å². The second-order valence-corrected chi connectivity index (χ2v) is 2.43. The molecule has 0 fully saturated rings. The van der Waals surface area contributed by atoms with Gasteiger partial charge < -0.3 is 4.74 Å². The van der Waals surface area contributed by atoms with Crippen LogP contribution in [0.25, 0.3) is 0 Å². The maximum absolute atomic E-state index is 12.9. The van der Waals surface area contributed by atoms with Crippen molar-refractivity contribution >= 4 is 5.69 Å². The van der Waals surface area contributed by atoms with Crippen molar-refractivity contribution in [3.63, 3.8) is 0 Å². The van der Waals surface area contributed by atoms with Gasteiger partial charge in [-0.15, -0.1) is 5.23 Å². The second kappa shape index (κ2) is 3.91. The molecule has 84 valence electrons. The summed E-state index contributed by atoms with van der Waals surface area (Å²) in [7, 11) is 0.801. The smallest absolute Gasteiger partial charge is 0.206 e. The Kier molecular flexibility index (Phi) is 3.01. The Hall–Kier alpha value is -1.54. The highest BCUT2D eigenvalue weighted by Crippen LogP contribution is 2.33. The molecular weight excluding hydrogens is 222 g/mol. The van der Waals surface area contributed by atoms with Gasteiger partial charge in [0.2, 0.25) is 11.6 Å². The number of rotatable bonds is 2. The van der Waals surface area contributed by atoms with E-state index in [4.69, 9.17) is 10.4 Å². The average molecular weight is 227 g/mol. The molecule has 1 rings (SSSR count). The Labute approximate surface area is 80.8 Å². The zero-order chi connectivity index (χ0) is 11.7. The molecule has 0 aromatic heterocycles. The SMILES string of the molecule is COc1c(F)c(F)c(N(O)O)c(F)c1F. The summed E-state index contributed by atoms with van der Waals surface area (Å²) in [6.07, 6.45) is 0. The van der Waals surface area contributed by atoms with Gasteiger partial charge in [0.15, 0.2) is 23.1 Å². The minimum Gasteiger partial charge on any atom is -0.491 e. The van der Waals surface area contributed by atoms with Crippen molar-refractivity contribution in [2.24, 2.45) is 0 Å². The molecule has 0 aliphatic carbocycles. The van der Waals surface area contributed by atoms with Crippen molar-refractivity contribution in [3.05, 3.63) is 23.3 Å². The fourth-order valence-corrected chi connectivity index (χ4v) is 0.955. The van der Waals surface area contributed by atoms with Gasteiger partial charge in [0, 0.05) is 0 Å². The molecule has 0 unspecified atom stereocenters. The van der Waals surface area contributed by atoms with Crippen molar-refractivity contribution in [1.82, 2.24) is 0 Å². The van der Waals surface area contributed by atoms with E-state index in [1.54, 1.807) is 0 Å². The number of ether oxygens (including phenoxy) is 1. The average Bonchev–Trinajstić information content (AvgIpc) is 2.16. The molecule has 1 aromatic carbocycles. The normalized spacial score (nSPS) is 10.3. The highest BCUT2D eigenvalue weighted by Gasteiger charge is 2.28. The van der Waals surface area contributed by atoms with Crippen molar-refractivity contribution < 1.29 is 32.7 Å². The van der Waals surface area contributed by atoms with E-state index in [0.29, 0.717) is 0 Å². The first kappa shape index (κ1) is 11.5. The molecule has 0 aliphatic heterocycles. The van der Waals surface area contributed by atoms with Crippen LogP contribution in [0.15, 0.2) is 0 Å². The first-order valence-corrected chi connectivity index (χ1v) is 3.49. The molecule has 0 spiro atoms. The summed E-state index contributed by atoms with van der Waals surface area (Å²) in [5, 5.41) is 15.6. The minimum atomic E-state index is -1.98. The molecule has 0 radical (unpaired) electrons. The van der Waals surface area contributed by atoms with Crippen LogP contribution in [-0.4, -0.2) is 17.5 Å². The van der Waals surface area contributed by atoms with Gasteiger partial charge in [-0.05, 0) is 0 Å². The van der Waals surface area contributed by atoms with Crippen LogP contribution >= 0.6 is 0 Å². The number of nitrogens with zero attached hydrogens (tertiary/aromatic N) is 1. The molecule has 2 N–H and O–H groups in total. The largest absolute Gasteiger partial charge is 0.491 e. The van der Waals surface area contributed by atoms with E-state index in [-0.39, 0.29) is 0 Å². The molecule has 15 heavy (non-hydrogen) atoms. The Morgan fingerprint density at radius 3 is 1.60 bits per heavy atom. The van der Waals surface area contributed by atoms with Gasteiger partial charge in [-0.2, -0.15) is 8.78 Å². The van der Waals surface area contributed by atoms with Crippen molar-refractivity contribution in [2.45, 2.75) is 0 Å². The lowest BCUT2D eigenvalue weighted by molar-refractivity contribution is 0.0242. The molecule has 0 saturated carbocycles. The second-order valence-electron chi connectivity index (χ2n) is 2.43. The summed E-state index contributed by atoms with van der Waals surface area (Å²) in [6.45, 7) is 0. The zero-order valence-electron chi connectivity index (χ0n) is 7.26. The molecule has 0 heterocycles. The van der Waals surface area contributed by atoms with Crippen LogP contribution in [0.2, 0.25) is 0 Å². The lowest BCUT2D eigenvalue weighted by Crippen LogP contribution is -2.17. The van der Waals surface area contributed by atoms with Gasteiger partial charge >= 0.3 is 0 Å². The lowest BCUT2D eigenvalue weighted by Gasteiger charge is -2.13. The third-order valence-electron chi connectivity index (χ3n) is 1.60. The first-order valence-electron chi connectivity index (χ1n) is 3.49. The van der Waals surface area contributed by atoms with Crippen molar-refractivity contribution in [1.29, 1.82) is 0 Å². The van der Waals surface area contributed by atoms with Crippen molar-refractivity contribution in [3.8, 4) is 5.75 Å². The number of hydrogen-bond acceptors (Lipinski definition) is 4. The highest BCUT2D eigenvalue weighted by atomic mass is 19.2. The van der Waals surface area contributed by atoms with Crippen LogP contribution < -0.4 is 9.96 Å². The topological polar surface area (TPSA) is 52.9 Å². The van der Waals surface area contributed by atoms with E-state index < -0.39 is 39.9 Å². The third kappa shape index (κ3) is 1.68. The molecule has 0 aliphatic rings. The van der Waals surface area contributed by atoms with Crippen LogP contribution in [0, 0.1) is 23.3 Å². The predicted octanol–water partition coefficient (Wildman–Crippen LogP) is 1.84. The van der Waals surface area contributed by atoms with Gasteiger partial charge in [-0.3, -0.25) is 10.4 Å². The van der Waals surface area contributed by atoms with E-state index in [9.17, 15) is 17.6 Å². The molecule has 0 bridgehead atoms. The number of anilines is 1. The molecule has 8 heteroatoms. The third-order valence-corrected chi connectivity index (χ3v) is 1.60. The van der Waals surface area contributed by atoms with E-state index in [2.05, 4.69) is 4.74 Å². The molecule has 0 atom stereocenters. The van der Waals surface area contributed by atoms with Crippen LogP contribution in [0.5, 0.6) is 5.75 Å². The van der Waals surface area contributed by atoms with Crippen LogP contribution in [0.3, 0.4) is 0 Å². The minimum absolute atomic E-state index is 0.801. The molecular formula is C7H5F4NO3. The van der Waals surface area contributed by atoms with E-state index in [0.717, 1.165) is 7.11 Å². The van der Waals surface area contributed by atoms with Gasteiger partial charge in [0.25, 0.3) is 0 Å². The summed E-state index contributed by atoms with van der Waals surface area (Å²) >= 11 is 0. The van der Waals surface area contributed by atoms with Gasteiger partial charge in [-0.1, -0.05) is 0 Å². The molecule has 0 saturated heterocycles. The Bertz CT molecular complexity index is 367. The quantitative estimate of drug-likeness (QED) is 0.459. The fourth-order valence-electron chi connectivity index (χ4n) is 0.955. The number of benzene rings is 1. The van der Waals surface area contributed by atoms with Crippen LogP contribution in [0.4, 0.5) is 23.2 Å². The number of methoxy groups -OCH3 is 1. The fraction of sp³-hybridized carbons (Fsp3) is 0.143. The van der Waals surface area contributed by atoms with E-state index >= 15 is 0 Å². The first-order chi connectivity index (χ1) is 6.91. The standard InChI is InChI=1S/C7H5F4NO3/c1-15-7-4(10)2(8)6(12(13)14)3(9)5(7)11/h13-14H,1H3. The summed E-state index contributed by atoms with van der Waals surface area (Å²) in [6, 6.07) is 0. The lowest BCUT2D eigenvalue weighted by atomic mass is 10.2. The summed E-state index contributed by atoms with van der Waals surface area (Å²) in [5.41, 5.74) is -1.66. The Morgan fingerprint density at radius 2 is 1.33 bits per heavy atom. The molecule has 0 amide bonds. The number of hydrogen-bond donors (Lipinski definition) is 2. The Balaban J connectivity index is 3.59. The summed E-state index contributed by atoms with van der Waals surface area (Å²) < 4.78 is 55.7. The summed E-state index contributed by atoms with van der Waals surface area (Å²) in [5.74, 6) is -8.96. The molecule has 1 aromatic rings. The Morgan fingerprint density at radius 1 is 0.933 bits per heavy atom.